The molecule has 0 saturated carbocycles. The Kier molecular flexibility index (Phi) is 22.1. The number of benzene rings is 6. The van der Waals surface area contributed by atoms with Crippen molar-refractivity contribution in [3.05, 3.63) is 145 Å². The first-order valence-electron chi connectivity index (χ1n) is 28.4. The number of fused-ring (bicyclic) bond motifs is 3. The van der Waals surface area contributed by atoms with E-state index < -0.39 is 24.1 Å². The Morgan fingerprint density at radius 3 is 1.11 bits per heavy atom. The second kappa shape index (κ2) is 29.5. The zero-order chi connectivity index (χ0) is 53.7. The monoisotopic (exact) mass is 1030 g/mol. The molecule has 0 aliphatic heterocycles. The van der Waals surface area contributed by atoms with Crippen LogP contribution >= 0.6 is 0 Å². The SMILES string of the molecule is CCCCCCCn1c2ccc(COC(=O)C(Oc3ccc(-c4ccc(OCCCCCC)cc4)cc3)C(C)C)cc2c2cc(COC(=O)C(Oc3ccc(-c4ccc(OCCCCCC)cc4)cc3)C(C)C)ccc21. The predicted octanol–water partition coefficient (Wildman–Crippen LogP) is 17.3. The van der Waals surface area contributed by atoms with Crippen molar-refractivity contribution < 1.29 is 38.0 Å². The van der Waals surface area contributed by atoms with Crippen LogP contribution in [0.1, 0.15) is 143 Å². The molecule has 0 radical (unpaired) electrons. The van der Waals surface area contributed by atoms with Crippen LogP contribution in [0.25, 0.3) is 44.1 Å². The van der Waals surface area contributed by atoms with Gasteiger partial charge in [-0.1, -0.05) is 173 Å². The molecule has 7 aromatic rings. The highest BCUT2D eigenvalue weighted by Crippen LogP contribution is 2.33. The zero-order valence-corrected chi connectivity index (χ0v) is 46.5. The lowest BCUT2D eigenvalue weighted by atomic mass is 10.0. The molecule has 0 fully saturated rings. The Balaban J connectivity index is 0.984. The number of ether oxygens (including phenoxy) is 6. The summed E-state index contributed by atoms with van der Waals surface area (Å²) in [6.07, 6.45) is 13.7. The van der Waals surface area contributed by atoms with Crippen LogP contribution in [0.4, 0.5) is 0 Å². The number of unbranched alkanes of at least 4 members (excludes halogenated alkanes) is 10. The van der Waals surface area contributed by atoms with E-state index in [9.17, 15) is 9.59 Å². The fraction of sp³-hybridized carbons (Fsp3) is 0.433. The van der Waals surface area contributed by atoms with Gasteiger partial charge in [-0.05, 0) is 125 Å². The van der Waals surface area contributed by atoms with E-state index in [0.29, 0.717) is 11.5 Å². The first kappa shape index (κ1) is 57.0. The molecule has 9 nitrogen and oxygen atoms in total. The molecule has 9 heteroatoms. The molecule has 0 aliphatic rings. The summed E-state index contributed by atoms with van der Waals surface area (Å²) in [5.74, 6) is 1.88. The molecule has 0 aliphatic carbocycles. The summed E-state index contributed by atoms with van der Waals surface area (Å²) < 4.78 is 38.9. The number of carbonyl (C=O) groups is 2. The minimum Gasteiger partial charge on any atom is -0.494 e. The van der Waals surface area contributed by atoms with Gasteiger partial charge in [-0.3, -0.25) is 0 Å². The number of carbonyl (C=O) groups excluding carboxylic acids is 2. The molecule has 0 amide bonds. The summed E-state index contributed by atoms with van der Waals surface area (Å²) in [7, 11) is 0. The van der Waals surface area contributed by atoms with Crippen LogP contribution < -0.4 is 18.9 Å². The molecular weight excluding hydrogens is 947 g/mol. The lowest BCUT2D eigenvalue weighted by Crippen LogP contribution is -2.34. The third kappa shape index (κ3) is 16.4. The molecule has 7 rings (SSSR count). The highest BCUT2D eigenvalue weighted by molar-refractivity contribution is 6.08. The molecule has 1 heterocycles. The third-order valence-electron chi connectivity index (χ3n) is 14.1. The molecule has 404 valence electrons. The van der Waals surface area contributed by atoms with Gasteiger partial charge in [0.05, 0.1) is 13.2 Å². The average Bonchev–Trinajstić information content (AvgIpc) is 3.76. The van der Waals surface area contributed by atoms with Gasteiger partial charge >= 0.3 is 11.9 Å². The smallest absolute Gasteiger partial charge is 0.347 e. The predicted molar refractivity (Wildman–Crippen MR) is 309 cm³/mol. The second-order valence-corrected chi connectivity index (χ2v) is 21.0. The Labute approximate surface area is 453 Å². The summed E-state index contributed by atoms with van der Waals surface area (Å²) in [6, 6.07) is 44.6. The minimum atomic E-state index is -0.788. The third-order valence-corrected chi connectivity index (χ3v) is 14.1. The molecule has 2 unspecified atom stereocenters. The molecule has 2 atom stereocenters. The minimum absolute atomic E-state index is 0.0981. The van der Waals surface area contributed by atoms with Crippen LogP contribution in [-0.2, 0) is 38.8 Å². The molecule has 0 saturated heterocycles. The maximum atomic E-state index is 13.8. The van der Waals surface area contributed by atoms with Crippen LogP contribution in [0.15, 0.2) is 133 Å². The van der Waals surface area contributed by atoms with Crippen LogP contribution in [0.3, 0.4) is 0 Å². The largest absolute Gasteiger partial charge is 0.494 e. The van der Waals surface area contributed by atoms with Gasteiger partial charge in [0.2, 0.25) is 0 Å². The van der Waals surface area contributed by atoms with Crippen LogP contribution in [0.2, 0.25) is 0 Å². The molecule has 76 heavy (non-hydrogen) atoms. The number of hydrogen-bond acceptors (Lipinski definition) is 8. The van der Waals surface area contributed by atoms with Crippen molar-refractivity contribution in [2.24, 2.45) is 11.8 Å². The first-order chi connectivity index (χ1) is 37.0. The van der Waals surface area contributed by atoms with Gasteiger partial charge in [-0.15, -0.1) is 0 Å². The lowest BCUT2D eigenvalue weighted by molar-refractivity contribution is -0.156. The maximum Gasteiger partial charge on any atom is 0.347 e. The van der Waals surface area contributed by atoms with Gasteiger partial charge in [-0.25, -0.2) is 9.59 Å². The average molecular weight is 1030 g/mol. The number of nitrogens with zero attached hydrogens (tertiary/aromatic N) is 1. The van der Waals surface area contributed by atoms with E-state index >= 15 is 0 Å². The van der Waals surface area contributed by atoms with Crippen molar-refractivity contribution in [3.63, 3.8) is 0 Å². The lowest BCUT2D eigenvalue weighted by Gasteiger charge is -2.21. The second-order valence-electron chi connectivity index (χ2n) is 21.0. The van der Waals surface area contributed by atoms with E-state index in [2.05, 4.69) is 73.9 Å². The van der Waals surface area contributed by atoms with Crippen LogP contribution in [0.5, 0.6) is 23.0 Å². The van der Waals surface area contributed by atoms with Crippen molar-refractivity contribution in [1.82, 2.24) is 4.57 Å². The van der Waals surface area contributed by atoms with Crippen molar-refractivity contribution in [3.8, 4) is 45.3 Å². The summed E-state index contributed by atoms with van der Waals surface area (Å²) in [5, 5.41) is 2.11. The standard InChI is InChI=1S/C67H83NO8/c1-8-11-14-17-18-41-68-62-39-21-50(46-73-66(69)64(48(4)5)75-58-35-27-54(28-36-58)52-23-31-56(32-24-52)71-42-19-15-12-9-2)44-60(62)61-45-51(22-40-63(61)68)47-74-67(70)65(49(6)7)76-59-37-29-55(30-38-59)53-25-33-57(34-26-53)72-43-20-16-13-10-3/h21-40,44-45,48-49,64-65H,8-20,41-43,46-47H2,1-7H3. The molecule has 0 bridgehead atoms. The number of rotatable bonds is 32. The number of hydrogen-bond donors (Lipinski definition) is 0. The molecule has 0 spiro atoms. The molecular formula is C67H83NO8. The van der Waals surface area contributed by atoms with E-state index in [1.165, 1.54) is 57.8 Å². The molecule has 6 aromatic carbocycles. The van der Waals surface area contributed by atoms with E-state index in [0.717, 1.165) is 112 Å². The summed E-state index contributed by atoms with van der Waals surface area (Å²) in [6.45, 7) is 17.1. The van der Waals surface area contributed by atoms with Crippen LogP contribution in [-0.4, -0.2) is 41.9 Å². The Hall–Kier alpha value is -6.74. The zero-order valence-electron chi connectivity index (χ0n) is 46.5. The summed E-state index contributed by atoms with van der Waals surface area (Å²) in [4.78, 5) is 27.5. The van der Waals surface area contributed by atoms with E-state index in [1.807, 2.05) is 113 Å². The summed E-state index contributed by atoms with van der Waals surface area (Å²) >= 11 is 0. The van der Waals surface area contributed by atoms with Crippen molar-refractivity contribution in [2.45, 2.75) is 164 Å². The van der Waals surface area contributed by atoms with Gasteiger partial charge in [-0.2, -0.15) is 0 Å². The highest BCUT2D eigenvalue weighted by Gasteiger charge is 2.28. The topological polar surface area (TPSA) is 94.5 Å². The van der Waals surface area contributed by atoms with E-state index in [-0.39, 0.29) is 25.0 Å². The van der Waals surface area contributed by atoms with Crippen molar-refractivity contribution in [1.29, 1.82) is 0 Å². The Morgan fingerprint density at radius 2 is 0.750 bits per heavy atom. The fourth-order valence-electron chi connectivity index (χ4n) is 9.55. The first-order valence-corrected chi connectivity index (χ1v) is 28.4. The van der Waals surface area contributed by atoms with Gasteiger partial charge in [0, 0.05) is 40.2 Å². The van der Waals surface area contributed by atoms with Gasteiger partial charge in [0.25, 0.3) is 0 Å². The normalized spacial score (nSPS) is 12.3. The fourth-order valence-corrected chi connectivity index (χ4v) is 9.55. The van der Waals surface area contributed by atoms with E-state index in [1.54, 1.807) is 0 Å². The van der Waals surface area contributed by atoms with Crippen molar-refractivity contribution >= 4 is 33.7 Å². The highest BCUT2D eigenvalue weighted by atomic mass is 16.6. The molecule has 0 N–H and O–H groups in total. The Morgan fingerprint density at radius 1 is 0.408 bits per heavy atom. The van der Waals surface area contributed by atoms with Gasteiger partial charge in [0.15, 0.2) is 12.2 Å². The maximum absolute atomic E-state index is 13.8. The summed E-state index contributed by atoms with van der Waals surface area (Å²) in [5.41, 5.74) is 8.23. The van der Waals surface area contributed by atoms with Crippen LogP contribution in [0, 0.1) is 11.8 Å². The molecule has 1 aromatic heterocycles. The number of aromatic nitrogens is 1. The van der Waals surface area contributed by atoms with E-state index in [4.69, 9.17) is 28.4 Å². The van der Waals surface area contributed by atoms with Gasteiger partial charge < -0.3 is 33.0 Å². The Bertz CT molecular complexity index is 2660. The quantitative estimate of drug-likeness (QED) is 0.0304. The van der Waals surface area contributed by atoms with Crippen molar-refractivity contribution in [2.75, 3.05) is 13.2 Å². The van der Waals surface area contributed by atoms with Gasteiger partial charge in [0.1, 0.15) is 36.2 Å². The number of aryl methyl sites for hydroxylation is 1. The number of esters is 2.